The third kappa shape index (κ3) is 5.96. The number of nitrogens with zero attached hydrogens (tertiary/aromatic N) is 2. The van der Waals surface area contributed by atoms with E-state index in [2.05, 4.69) is 15.0 Å². The molecular weight excluding hydrogens is 670 g/mol. The van der Waals surface area contributed by atoms with Crippen LogP contribution in [0.15, 0.2) is 53.0 Å². The Labute approximate surface area is 286 Å². The van der Waals surface area contributed by atoms with Gasteiger partial charge in [0.1, 0.15) is 40.4 Å². The lowest BCUT2D eigenvalue weighted by atomic mass is 10.1. The van der Waals surface area contributed by atoms with Gasteiger partial charge in [0.2, 0.25) is 21.8 Å². The lowest BCUT2D eigenvalue weighted by molar-refractivity contribution is -0.139. The second kappa shape index (κ2) is 12.3. The molecule has 262 valence electrons. The van der Waals surface area contributed by atoms with E-state index in [-0.39, 0.29) is 43.0 Å². The van der Waals surface area contributed by atoms with E-state index in [1.807, 2.05) is 12.2 Å². The number of allylic oxidation sites excluding steroid dienone is 1. The molecule has 3 amide bonds. The number of nitrogens with one attached hydrogen (secondary N) is 2. The summed E-state index contributed by atoms with van der Waals surface area (Å²) in [4.78, 5) is 47.4. The fourth-order valence-corrected chi connectivity index (χ4v) is 8.67. The Morgan fingerprint density at radius 1 is 1.04 bits per heavy atom. The van der Waals surface area contributed by atoms with Crippen molar-refractivity contribution in [3.05, 3.63) is 60.2 Å². The van der Waals surface area contributed by atoms with Crippen LogP contribution in [0.2, 0.25) is 0 Å². The number of amides is 3. The van der Waals surface area contributed by atoms with Gasteiger partial charge in [0.15, 0.2) is 11.3 Å². The van der Waals surface area contributed by atoms with Crippen molar-refractivity contribution in [2.24, 2.45) is 5.92 Å². The standard InChI is InChI=1S/C36H36F2N4O7S/c37-21-9-13-27-25(15-21)32(33-31(39-27)26-16-22(38)10-14-29(26)49-33)48-23-17-28-34(44)40-36(35(45)41-50(46,47)24-11-12-24)18-20(36)7-5-3-1-2-4-6-8-30(43)42(28)19-23/h5,7,9-10,13-16,20,23-24,28H,1-4,6,8,11-12,17-19H2,(H,40,44)(H,41,45)/b7-5-/t20-,23-,28+,36-/m1/s1. The molecule has 50 heavy (non-hydrogen) atoms. The summed E-state index contributed by atoms with van der Waals surface area (Å²) in [6, 6.07) is 6.99. The first-order valence-corrected chi connectivity index (χ1v) is 18.7. The van der Waals surface area contributed by atoms with Crippen LogP contribution in [-0.2, 0) is 24.4 Å². The maximum absolute atomic E-state index is 14.6. The Balaban J connectivity index is 1.13. The van der Waals surface area contributed by atoms with Gasteiger partial charge in [-0.1, -0.05) is 25.0 Å². The molecule has 14 heteroatoms. The molecule has 8 rings (SSSR count). The van der Waals surface area contributed by atoms with E-state index in [4.69, 9.17) is 9.15 Å². The molecule has 0 bridgehead atoms. The van der Waals surface area contributed by atoms with Gasteiger partial charge in [-0.2, -0.15) is 0 Å². The maximum atomic E-state index is 14.6. The summed E-state index contributed by atoms with van der Waals surface area (Å²) in [6.07, 6.45) is 8.53. The van der Waals surface area contributed by atoms with Crippen molar-refractivity contribution in [1.82, 2.24) is 19.9 Å². The fourth-order valence-electron chi connectivity index (χ4n) is 7.31. The quantitative estimate of drug-likeness (QED) is 0.271. The van der Waals surface area contributed by atoms with Gasteiger partial charge in [-0.15, -0.1) is 0 Å². The highest BCUT2D eigenvalue weighted by molar-refractivity contribution is 7.91. The van der Waals surface area contributed by atoms with E-state index >= 15 is 0 Å². The van der Waals surface area contributed by atoms with Crippen molar-refractivity contribution in [2.75, 3.05) is 6.54 Å². The molecule has 2 aromatic heterocycles. The molecule has 3 fully saturated rings. The minimum absolute atomic E-state index is 0.0188. The van der Waals surface area contributed by atoms with Crippen LogP contribution in [-0.4, -0.2) is 65.5 Å². The second-order valence-corrected chi connectivity index (χ2v) is 15.8. The van der Waals surface area contributed by atoms with Crippen LogP contribution >= 0.6 is 0 Å². The van der Waals surface area contributed by atoms with E-state index in [1.54, 1.807) is 0 Å². The summed E-state index contributed by atoms with van der Waals surface area (Å²) >= 11 is 0. The number of sulfonamides is 1. The second-order valence-electron chi connectivity index (χ2n) is 13.9. The Morgan fingerprint density at radius 3 is 2.60 bits per heavy atom. The van der Waals surface area contributed by atoms with Crippen molar-refractivity contribution in [3.63, 3.8) is 0 Å². The molecule has 2 aliphatic heterocycles. The molecule has 4 atom stereocenters. The number of carbonyl (C=O) groups excluding carboxylic acids is 3. The van der Waals surface area contributed by atoms with Gasteiger partial charge in [0.25, 0.3) is 5.91 Å². The van der Waals surface area contributed by atoms with Crippen molar-refractivity contribution in [3.8, 4) is 5.75 Å². The molecule has 0 radical (unpaired) electrons. The van der Waals surface area contributed by atoms with Crippen molar-refractivity contribution < 1.29 is 40.7 Å². The number of carbonyl (C=O) groups is 3. The average Bonchev–Trinajstić information content (AvgIpc) is 3.98. The third-order valence-corrected chi connectivity index (χ3v) is 12.1. The first-order valence-electron chi connectivity index (χ1n) is 17.1. The van der Waals surface area contributed by atoms with Gasteiger partial charge >= 0.3 is 0 Å². The third-order valence-electron chi connectivity index (χ3n) is 10.3. The number of aromatic nitrogens is 1. The average molecular weight is 707 g/mol. The highest BCUT2D eigenvalue weighted by Gasteiger charge is 2.62. The molecule has 4 aromatic rings. The number of furan rings is 1. The van der Waals surface area contributed by atoms with Crippen LogP contribution in [0.3, 0.4) is 0 Å². The fraction of sp³-hybridized carbons (Fsp3) is 0.444. The van der Waals surface area contributed by atoms with E-state index in [1.165, 1.54) is 41.3 Å². The summed E-state index contributed by atoms with van der Waals surface area (Å²) in [5, 5.41) is 2.94. The number of hydrogen-bond acceptors (Lipinski definition) is 8. The number of rotatable bonds is 5. The van der Waals surface area contributed by atoms with Crippen LogP contribution in [0, 0.1) is 17.6 Å². The number of hydrogen-bond donors (Lipinski definition) is 2. The van der Waals surface area contributed by atoms with E-state index in [0.29, 0.717) is 46.7 Å². The van der Waals surface area contributed by atoms with Crippen molar-refractivity contribution >= 4 is 60.7 Å². The SMILES string of the molecule is O=C1N[C@]2(C(=O)NS(=O)(=O)C3CC3)C[C@H]2/C=C\CCCCCCC(=O)N2C[C@H](Oc3c4cc(F)ccc4nc4c3oc3ccc(F)cc34)C[C@@H]12. The highest BCUT2D eigenvalue weighted by Crippen LogP contribution is 2.46. The first kappa shape index (κ1) is 32.6. The van der Waals surface area contributed by atoms with Crippen LogP contribution in [0.4, 0.5) is 8.78 Å². The van der Waals surface area contributed by atoms with Crippen molar-refractivity contribution in [1.29, 1.82) is 0 Å². The Kier molecular flexibility index (Phi) is 8.04. The number of halogens is 2. The summed E-state index contributed by atoms with van der Waals surface area (Å²) in [5.41, 5.74) is -0.257. The Morgan fingerprint density at radius 2 is 1.80 bits per heavy atom. The van der Waals surface area contributed by atoms with Gasteiger partial charge in [-0.3, -0.25) is 19.1 Å². The topological polar surface area (TPSA) is 148 Å². The number of ether oxygens (including phenoxy) is 1. The molecule has 11 nitrogen and oxygen atoms in total. The van der Waals surface area contributed by atoms with Gasteiger partial charge in [-0.25, -0.2) is 22.2 Å². The van der Waals surface area contributed by atoms with Crippen LogP contribution in [0.25, 0.3) is 33.0 Å². The lowest BCUT2D eigenvalue weighted by Gasteiger charge is -2.26. The smallest absolute Gasteiger partial charge is 0.259 e. The normalized spacial score (nSPS) is 26.9. The molecule has 4 aliphatic rings. The van der Waals surface area contributed by atoms with Crippen LogP contribution in [0.5, 0.6) is 5.75 Å². The summed E-state index contributed by atoms with van der Waals surface area (Å²) in [6.45, 7) is 0.0188. The minimum Gasteiger partial charge on any atom is -0.484 e. The van der Waals surface area contributed by atoms with E-state index in [9.17, 15) is 31.6 Å². The zero-order chi connectivity index (χ0) is 34.8. The summed E-state index contributed by atoms with van der Waals surface area (Å²) in [7, 11) is -3.87. The zero-order valence-electron chi connectivity index (χ0n) is 27.1. The number of benzene rings is 2. The van der Waals surface area contributed by atoms with Crippen LogP contribution < -0.4 is 14.8 Å². The predicted molar refractivity (Wildman–Crippen MR) is 179 cm³/mol. The summed E-state index contributed by atoms with van der Waals surface area (Å²) in [5.74, 6) is -2.92. The molecule has 1 saturated heterocycles. The molecule has 2 N–H and O–H groups in total. The monoisotopic (exact) mass is 706 g/mol. The molecule has 2 aromatic carbocycles. The molecule has 0 spiro atoms. The van der Waals surface area contributed by atoms with Gasteiger partial charge in [-0.05, 0) is 74.9 Å². The minimum atomic E-state index is -3.87. The molecule has 2 saturated carbocycles. The van der Waals surface area contributed by atoms with E-state index < -0.39 is 62.3 Å². The maximum Gasteiger partial charge on any atom is 0.259 e. The molecule has 4 heterocycles. The van der Waals surface area contributed by atoms with Gasteiger partial charge in [0.05, 0.1) is 17.3 Å². The largest absolute Gasteiger partial charge is 0.484 e. The Hall–Kier alpha value is -4.59. The number of fused-ring (bicyclic) bond motifs is 6. The van der Waals surface area contributed by atoms with Crippen molar-refractivity contribution in [2.45, 2.75) is 87.1 Å². The molecular formula is C36H36F2N4O7S. The number of pyridine rings is 1. The van der Waals surface area contributed by atoms with E-state index in [0.717, 1.165) is 25.7 Å². The summed E-state index contributed by atoms with van der Waals surface area (Å²) < 4.78 is 69.1. The van der Waals surface area contributed by atoms with Crippen LogP contribution in [0.1, 0.15) is 64.2 Å². The lowest BCUT2D eigenvalue weighted by Crippen LogP contribution is -2.56. The predicted octanol–water partition coefficient (Wildman–Crippen LogP) is 5.15. The van der Waals surface area contributed by atoms with Gasteiger partial charge < -0.3 is 19.4 Å². The van der Waals surface area contributed by atoms with Gasteiger partial charge in [0, 0.05) is 29.5 Å². The highest BCUT2D eigenvalue weighted by atomic mass is 32.2. The molecule has 0 unspecified atom stereocenters. The molecule has 2 aliphatic carbocycles. The first-order chi connectivity index (χ1) is 24.0. The Bertz CT molecular complexity index is 2200. The zero-order valence-corrected chi connectivity index (χ0v) is 27.9.